The Morgan fingerprint density at radius 3 is 2.76 bits per heavy atom. The van der Waals surface area contributed by atoms with Gasteiger partial charge in [-0.2, -0.15) is 0 Å². The first-order valence-corrected chi connectivity index (χ1v) is 6.85. The third-order valence-corrected chi connectivity index (χ3v) is 3.93. The lowest BCUT2D eigenvalue weighted by Gasteiger charge is -2.30. The Kier molecular flexibility index (Phi) is 4.80. The Hall–Kier alpha value is -0.610. The van der Waals surface area contributed by atoms with E-state index in [-0.39, 0.29) is 6.61 Å². The summed E-state index contributed by atoms with van der Waals surface area (Å²) in [6, 6.07) is 0.659. The standard InChI is InChI=1S/C13H24N2O2/c14-13(16)9-17-7-6-15-12-3-1-2-11(8-12)10-4-5-10/h10-12,15H,1-9H2,(H2,14,16). The maximum Gasteiger partial charge on any atom is 0.243 e. The molecule has 0 heterocycles. The minimum absolute atomic E-state index is 0.0387. The molecule has 2 atom stereocenters. The highest BCUT2D eigenvalue weighted by atomic mass is 16.5. The molecule has 0 aromatic carbocycles. The Balaban J connectivity index is 1.54. The van der Waals surface area contributed by atoms with E-state index in [4.69, 9.17) is 10.5 Å². The van der Waals surface area contributed by atoms with Crippen molar-refractivity contribution in [2.24, 2.45) is 17.6 Å². The first-order valence-electron chi connectivity index (χ1n) is 6.85. The molecule has 4 nitrogen and oxygen atoms in total. The number of hydrogen-bond acceptors (Lipinski definition) is 3. The quantitative estimate of drug-likeness (QED) is 0.654. The van der Waals surface area contributed by atoms with Gasteiger partial charge in [0.05, 0.1) is 6.61 Å². The van der Waals surface area contributed by atoms with Crippen LogP contribution in [0.3, 0.4) is 0 Å². The topological polar surface area (TPSA) is 64.4 Å². The van der Waals surface area contributed by atoms with Gasteiger partial charge in [-0.25, -0.2) is 0 Å². The zero-order valence-corrected chi connectivity index (χ0v) is 10.5. The van der Waals surface area contributed by atoms with Crippen molar-refractivity contribution < 1.29 is 9.53 Å². The maximum absolute atomic E-state index is 10.5. The molecule has 0 bridgehead atoms. The van der Waals surface area contributed by atoms with Gasteiger partial charge in [0.15, 0.2) is 0 Å². The fraction of sp³-hybridized carbons (Fsp3) is 0.923. The summed E-state index contributed by atoms with van der Waals surface area (Å²) in [6.45, 7) is 1.44. The number of rotatable bonds is 7. The Labute approximate surface area is 103 Å². The van der Waals surface area contributed by atoms with E-state index in [9.17, 15) is 4.79 Å². The Morgan fingerprint density at radius 2 is 2.06 bits per heavy atom. The minimum Gasteiger partial charge on any atom is -0.370 e. The molecule has 2 saturated carbocycles. The fourth-order valence-electron chi connectivity index (χ4n) is 2.92. The number of nitrogens with one attached hydrogen (secondary N) is 1. The number of nitrogens with two attached hydrogens (primary N) is 1. The summed E-state index contributed by atoms with van der Waals surface area (Å²) >= 11 is 0. The minimum atomic E-state index is -0.392. The molecule has 0 radical (unpaired) electrons. The lowest BCUT2D eigenvalue weighted by atomic mass is 9.83. The molecule has 98 valence electrons. The number of primary amides is 1. The monoisotopic (exact) mass is 240 g/mol. The maximum atomic E-state index is 10.5. The van der Waals surface area contributed by atoms with Crippen LogP contribution in [0.5, 0.6) is 0 Å². The first-order chi connectivity index (χ1) is 8.25. The van der Waals surface area contributed by atoms with Crippen molar-refractivity contribution in [1.82, 2.24) is 5.32 Å². The number of ether oxygens (including phenoxy) is 1. The van der Waals surface area contributed by atoms with Crippen LogP contribution < -0.4 is 11.1 Å². The van der Waals surface area contributed by atoms with Crippen molar-refractivity contribution in [1.29, 1.82) is 0 Å². The highest BCUT2D eigenvalue weighted by Gasteiger charge is 2.34. The Bertz CT molecular complexity index is 254. The number of carbonyl (C=O) groups is 1. The van der Waals surface area contributed by atoms with E-state index in [1.807, 2.05) is 0 Å². The molecule has 0 spiro atoms. The smallest absolute Gasteiger partial charge is 0.243 e. The Morgan fingerprint density at radius 1 is 1.24 bits per heavy atom. The van der Waals surface area contributed by atoms with Crippen LogP contribution in [0, 0.1) is 11.8 Å². The van der Waals surface area contributed by atoms with Crippen molar-refractivity contribution in [2.75, 3.05) is 19.8 Å². The van der Waals surface area contributed by atoms with Crippen LogP contribution in [-0.4, -0.2) is 31.7 Å². The van der Waals surface area contributed by atoms with Gasteiger partial charge >= 0.3 is 0 Å². The number of amides is 1. The molecule has 4 heteroatoms. The van der Waals surface area contributed by atoms with E-state index >= 15 is 0 Å². The van der Waals surface area contributed by atoms with E-state index in [0.29, 0.717) is 12.6 Å². The molecular weight excluding hydrogens is 216 g/mol. The van der Waals surface area contributed by atoms with Crippen LogP contribution in [0.15, 0.2) is 0 Å². The molecule has 2 fully saturated rings. The van der Waals surface area contributed by atoms with Crippen LogP contribution in [0.2, 0.25) is 0 Å². The molecule has 0 aliphatic heterocycles. The first kappa shape index (κ1) is 12.8. The van der Waals surface area contributed by atoms with Gasteiger partial charge < -0.3 is 15.8 Å². The van der Waals surface area contributed by atoms with E-state index < -0.39 is 5.91 Å². The highest BCUT2D eigenvalue weighted by Crippen LogP contribution is 2.43. The average molecular weight is 240 g/mol. The van der Waals surface area contributed by atoms with Crippen LogP contribution in [-0.2, 0) is 9.53 Å². The molecule has 0 saturated heterocycles. The number of carbonyl (C=O) groups excluding carboxylic acids is 1. The molecule has 1 amide bonds. The lowest BCUT2D eigenvalue weighted by molar-refractivity contribution is -0.122. The van der Waals surface area contributed by atoms with E-state index in [0.717, 1.165) is 18.4 Å². The summed E-state index contributed by atoms with van der Waals surface area (Å²) in [4.78, 5) is 10.5. The third kappa shape index (κ3) is 4.64. The van der Waals surface area contributed by atoms with Gasteiger partial charge in [-0.05, 0) is 37.5 Å². The van der Waals surface area contributed by atoms with Crippen molar-refractivity contribution in [3.8, 4) is 0 Å². The van der Waals surface area contributed by atoms with E-state index in [1.165, 1.54) is 38.5 Å². The van der Waals surface area contributed by atoms with E-state index in [1.54, 1.807) is 0 Å². The summed E-state index contributed by atoms with van der Waals surface area (Å²) in [5, 5.41) is 3.53. The molecular formula is C13H24N2O2. The second-order valence-electron chi connectivity index (χ2n) is 5.43. The summed E-state index contributed by atoms with van der Waals surface area (Å²) in [5.41, 5.74) is 4.99. The van der Waals surface area contributed by atoms with Crippen molar-refractivity contribution in [2.45, 2.75) is 44.6 Å². The van der Waals surface area contributed by atoms with Crippen molar-refractivity contribution in [3.05, 3.63) is 0 Å². The zero-order chi connectivity index (χ0) is 12.1. The van der Waals surface area contributed by atoms with Gasteiger partial charge in [0.25, 0.3) is 0 Å². The van der Waals surface area contributed by atoms with E-state index in [2.05, 4.69) is 5.32 Å². The lowest BCUT2D eigenvalue weighted by Crippen LogP contribution is -2.37. The zero-order valence-electron chi connectivity index (χ0n) is 10.5. The second-order valence-corrected chi connectivity index (χ2v) is 5.43. The van der Waals surface area contributed by atoms with Gasteiger partial charge in [-0.15, -0.1) is 0 Å². The van der Waals surface area contributed by atoms with Gasteiger partial charge in [0.2, 0.25) is 5.91 Å². The summed E-state index contributed by atoms with van der Waals surface area (Å²) < 4.78 is 5.14. The van der Waals surface area contributed by atoms with Gasteiger partial charge in [0, 0.05) is 12.6 Å². The molecule has 3 N–H and O–H groups in total. The summed E-state index contributed by atoms with van der Waals surface area (Å²) in [6.07, 6.45) is 8.33. The number of hydrogen-bond donors (Lipinski definition) is 2. The molecule has 0 aromatic heterocycles. The largest absolute Gasteiger partial charge is 0.370 e. The summed E-state index contributed by atoms with van der Waals surface area (Å²) in [5.74, 6) is 1.61. The van der Waals surface area contributed by atoms with Gasteiger partial charge in [-0.1, -0.05) is 12.8 Å². The molecule has 2 aliphatic carbocycles. The fourth-order valence-corrected chi connectivity index (χ4v) is 2.92. The molecule has 0 aromatic rings. The predicted molar refractivity (Wildman–Crippen MR) is 66.5 cm³/mol. The van der Waals surface area contributed by atoms with Crippen LogP contribution >= 0.6 is 0 Å². The van der Waals surface area contributed by atoms with Crippen molar-refractivity contribution in [3.63, 3.8) is 0 Å². The summed E-state index contributed by atoms with van der Waals surface area (Å²) in [7, 11) is 0. The molecule has 2 unspecified atom stereocenters. The molecule has 17 heavy (non-hydrogen) atoms. The predicted octanol–water partition coefficient (Wildman–Crippen LogP) is 1.05. The highest BCUT2D eigenvalue weighted by molar-refractivity contribution is 5.74. The van der Waals surface area contributed by atoms with Crippen LogP contribution in [0.1, 0.15) is 38.5 Å². The van der Waals surface area contributed by atoms with Gasteiger partial charge in [0.1, 0.15) is 6.61 Å². The normalized spacial score (nSPS) is 29.2. The van der Waals surface area contributed by atoms with Crippen LogP contribution in [0.4, 0.5) is 0 Å². The van der Waals surface area contributed by atoms with Gasteiger partial charge in [-0.3, -0.25) is 4.79 Å². The average Bonchev–Trinajstić information content (AvgIpc) is 3.12. The SMILES string of the molecule is NC(=O)COCCNC1CCCC(C2CC2)C1. The third-order valence-electron chi connectivity index (χ3n) is 3.93. The molecule has 2 aliphatic rings. The second kappa shape index (κ2) is 6.36. The van der Waals surface area contributed by atoms with Crippen molar-refractivity contribution >= 4 is 5.91 Å². The molecule has 2 rings (SSSR count). The van der Waals surface area contributed by atoms with Crippen LogP contribution in [0.25, 0.3) is 0 Å².